The molecular weight excluding hydrogens is 430 g/mol. The average Bonchev–Trinajstić information content (AvgIpc) is 3.15. The van der Waals surface area contributed by atoms with Gasteiger partial charge in [0.1, 0.15) is 6.04 Å². The molecule has 1 N–H and O–H groups in total. The molecule has 3 aromatic rings. The highest BCUT2D eigenvalue weighted by atomic mass is 35.5. The molecule has 2 amide bonds. The van der Waals surface area contributed by atoms with E-state index in [1.807, 2.05) is 18.2 Å². The Hall–Kier alpha value is -3.32. The van der Waals surface area contributed by atoms with E-state index in [9.17, 15) is 14.4 Å². The molecule has 0 saturated heterocycles. The van der Waals surface area contributed by atoms with E-state index in [2.05, 4.69) is 4.98 Å². The fraction of sp³-hybridized carbons (Fsp3) is 0.292. The summed E-state index contributed by atoms with van der Waals surface area (Å²) in [7, 11) is 3.08. The van der Waals surface area contributed by atoms with Crippen molar-refractivity contribution in [3.05, 3.63) is 69.9 Å². The minimum atomic E-state index is -0.585. The van der Waals surface area contributed by atoms with Gasteiger partial charge >= 0.3 is 6.09 Å². The number of carbonyl (C=O) groups excluding carboxylic acids is 3. The van der Waals surface area contributed by atoms with Gasteiger partial charge in [-0.2, -0.15) is 0 Å². The van der Waals surface area contributed by atoms with Crippen molar-refractivity contribution >= 4 is 40.3 Å². The van der Waals surface area contributed by atoms with Crippen molar-refractivity contribution in [3.8, 4) is 0 Å². The van der Waals surface area contributed by atoms with Crippen molar-refractivity contribution in [2.24, 2.45) is 0 Å². The Kier molecular flexibility index (Phi) is 5.93. The molecule has 7 nitrogen and oxygen atoms in total. The summed E-state index contributed by atoms with van der Waals surface area (Å²) in [5.74, 6) is -1.16. The SMILES string of the molecule is CCOC(=O)N1CCc2c([nH]c3ccc(Cl)cc23)C1c1ccc(C(=O)C(=O)N(C)C)cc1. The number of likely N-dealkylation sites (N-methyl/N-ethyl adjacent to an activating group) is 1. The number of H-pyrrole nitrogens is 1. The third kappa shape index (κ3) is 3.84. The van der Waals surface area contributed by atoms with Crippen molar-refractivity contribution in [2.75, 3.05) is 27.2 Å². The van der Waals surface area contributed by atoms with Gasteiger partial charge in [-0.15, -0.1) is 0 Å². The molecular formula is C24H24ClN3O4. The van der Waals surface area contributed by atoms with Crippen LogP contribution in [0.15, 0.2) is 42.5 Å². The molecule has 0 saturated carbocycles. The van der Waals surface area contributed by atoms with Crippen LogP contribution in [0.4, 0.5) is 4.79 Å². The predicted molar refractivity (Wildman–Crippen MR) is 122 cm³/mol. The predicted octanol–water partition coefficient (Wildman–Crippen LogP) is 4.20. The molecule has 1 unspecified atom stereocenters. The first-order chi connectivity index (χ1) is 15.3. The minimum Gasteiger partial charge on any atom is -0.450 e. The summed E-state index contributed by atoms with van der Waals surface area (Å²) in [5, 5.41) is 1.68. The number of carbonyl (C=O) groups is 3. The van der Waals surface area contributed by atoms with Gasteiger partial charge in [0, 0.05) is 47.8 Å². The Labute approximate surface area is 190 Å². The van der Waals surface area contributed by atoms with E-state index < -0.39 is 23.8 Å². The van der Waals surface area contributed by atoms with Crippen LogP contribution in [0, 0.1) is 0 Å². The molecule has 2 aromatic carbocycles. The van der Waals surface area contributed by atoms with E-state index in [0.29, 0.717) is 23.6 Å². The summed E-state index contributed by atoms with van der Waals surface area (Å²) >= 11 is 6.23. The number of ether oxygens (including phenoxy) is 1. The molecule has 0 bridgehead atoms. The zero-order valence-corrected chi connectivity index (χ0v) is 18.9. The van der Waals surface area contributed by atoms with Gasteiger partial charge in [0.25, 0.3) is 5.91 Å². The van der Waals surface area contributed by atoms with Crippen LogP contribution < -0.4 is 0 Å². The molecule has 4 rings (SSSR count). The molecule has 8 heteroatoms. The van der Waals surface area contributed by atoms with Crippen LogP contribution in [0.3, 0.4) is 0 Å². The van der Waals surface area contributed by atoms with Crippen LogP contribution in [-0.2, 0) is 16.0 Å². The van der Waals surface area contributed by atoms with E-state index in [-0.39, 0.29) is 6.61 Å². The van der Waals surface area contributed by atoms with Crippen LogP contribution in [0.1, 0.15) is 40.1 Å². The number of nitrogens with zero attached hydrogens (tertiary/aromatic N) is 2. The van der Waals surface area contributed by atoms with Crippen LogP contribution >= 0.6 is 11.6 Å². The van der Waals surface area contributed by atoms with Crippen LogP contribution in [0.25, 0.3) is 10.9 Å². The van der Waals surface area contributed by atoms with Gasteiger partial charge in [0.05, 0.1) is 6.61 Å². The fourth-order valence-corrected chi connectivity index (χ4v) is 4.33. The smallest absolute Gasteiger partial charge is 0.410 e. The van der Waals surface area contributed by atoms with Crippen molar-refractivity contribution in [1.82, 2.24) is 14.8 Å². The van der Waals surface area contributed by atoms with Crippen LogP contribution in [0.5, 0.6) is 0 Å². The maximum atomic E-state index is 12.8. The molecule has 2 heterocycles. The number of halogens is 1. The number of benzene rings is 2. The lowest BCUT2D eigenvalue weighted by atomic mass is 9.92. The highest BCUT2D eigenvalue weighted by Crippen LogP contribution is 2.39. The number of hydrogen-bond donors (Lipinski definition) is 1. The Balaban J connectivity index is 1.78. The first-order valence-corrected chi connectivity index (χ1v) is 10.8. The lowest BCUT2D eigenvalue weighted by molar-refractivity contribution is -0.124. The third-order valence-electron chi connectivity index (χ3n) is 5.68. The largest absolute Gasteiger partial charge is 0.450 e. The minimum absolute atomic E-state index is 0.275. The monoisotopic (exact) mass is 453 g/mol. The number of rotatable bonds is 4. The molecule has 0 radical (unpaired) electrons. The van der Waals surface area contributed by atoms with Gasteiger partial charge in [0.2, 0.25) is 5.78 Å². The standard InChI is InChI=1S/C24H24ClN3O4/c1-4-32-24(31)28-12-11-17-18-13-16(25)9-10-19(18)26-20(17)21(28)14-5-7-15(8-6-14)22(29)23(30)27(2)3/h5-10,13,21,26H,4,11-12H2,1-3H3. The Bertz CT molecular complexity index is 1200. The van der Waals surface area contributed by atoms with E-state index in [1.165, 1.54) is 19.0 Å². The fourth-order valence-electron chi connectivity index (χ4n) is 4.15. The van der Waals surface area contributed by atoms with E-state index in [4.69, 9.17) is 16.3 Å². The second-order valence-electron chi connectivity index (χ2n) is 7.90. The molecule has 1 aromatic heterocycles. The van der Waals surface area contributed by atoms with Gasteiger partial charge in [-0.3, -0.25) is 14.5 Å². The van der Waals surface area contributed by atoms with Crippen molar-refractivity contribution in [3.63, 3.8) is 0 Å². The zero-order valence-electron chi connectivity index (χ0n) is 18.1. The number of aromatic nitrogens is 1. The van der Waals surface area contributed by atoms with Gasteiger partial charge in [-0.1, -0.05) is 35.9 Å². The van der Waals surface area contributed by atoms with E-state index >= 15 is 0 Å². The number of Topliss-reactive ketones (excluding diaryl/α,β-unsaturated/α-hetero) is 1. The molecule has 32 heavy (non-hydrogen) atoms. The Morgan fingerprint density at radius 3 is 2.53 bits per heavy atom. The number of amides is 2. The third-order valence-corrected chi connectivity index (χ3v) is 5.92. The van der Waals surface area contributed by atoms with Gasteiger partial charge < -0.3 is 14.6 Å². The van der Waals surface area contributed by atoms with Crippen molar-refractivity contribution in [1.29, 1.82) is 0 Å². The maximum Gasteiger partial charge on any atom is 0.410 e. The van der Waals surface area contributed by atoms with Gasteiger partial charge in [-0.25, -0.2) is 4.79 Å². The summed E-state index contributed by atoms with van der Waals surface area (Å²) in [6.45, 7) is 2.53. The van der Waals surface area contributed by atoms with Crippen molar-refractivity contribution in [2.45, 2.75) is 19.4 Å². The zero-order chi connectivity index (χ0) is 23.0. The first-order valence-electron chi connectivity index (χ1n) is 10.4. The highest BCUT2D eigenvalue weighted by molar-refractivity contribution is 6.42. The summed E-state index contributed by atoms with van der Waals surface area (Å²) in [6.07, 6.45) is 0.265. The molecule has 0 fully saturated rings. The van der Waals surface area contributed by atoms with Crippen LogP contribution in [-0.4, -0.2) is 59.8 Å². The molecule has 0 spiro atoms. The van der Waals surface area contributed by atoms with E-state index in [1.54, 1.807) is 36.1 Å². The van der Waals surface area contributed by atoms with E-state index in [0.717, 1.165) is 27.7 Å². The summed E-state index contributed by atoms with van der Waals surface area (Å²) in [4.78, 5) is 43.6. The maximum absolute atomic E-state index is 12.8. The Morgan fingerprint density at radius 2 is 1.88 bits per heavy atom. The number of hydrogen-bond acceptors (Lipinski definition) is 4. The molecule has 1 atom stereocenters. The normalized spacial score (nSPS) is 15.4. The highest BCUT2D eigenvalue weighted by Gasteiger charge is 2.35. The summed E-state index contributed by atoms with van der Waals surface area (Å²) < 4.78 is 5.31. The lowest BCUT2D eigenvalue weighted by Crippen LogP contribution is -2.41. The van der Waals surface area contributed by atoms with Gasteiger partial charge in [-0.05, 0) is 42.7 Å². The number of ketones is 1. The van der Waals surface area contributed by atoms with Gasteiger partial charge in [0.15, 0.2) is 0 Å². The average molecular weight is 454 g/mol. The van der Waals surface area contributed by atoms with Crippen molar-refractivity contribution < 1.29 is 19.1 Å². The molecule has 1 aliphatic rings. The lowest BCUT2D eigenvalue weighted by Gasteiger charge is -2.35. The quantitative estimate of drug-likeness (QED) is 0.474. The number of aromatic amines is 1. The Morgan fingerprint density at radius 1 is 1.16 bits per heavy atom. The number of fused-ring (bicyclic) bond motifs is 3. The molecule has 1 aliphatic heterocycles. The number of nitrogens with one attached hydrogen (secondary N) is 1. The summed E-state index contributed by atoms with van der Waals surface area (Å²) in [6, 6.07) is 12.1. The topological polar surface area (TPSA) is 82.7 Å². The second kappa shape index (κ2) is 8.67. The second-order valence-corrected chi connectivity index (χ2v) is 8.34. The molecule has 0 aliphatic carbocycles. The van der Waals surface area contributed by atoms with Crippen LogP contribution in [0.2, 0.25) is 5.02 Å². The summed E-state index contributed by atoms with van der Waals surface area (Å²) in [5.41, 5.74) is 4.06. The molecule has 166 valence electrons. The first kappa shape index (κ1) is 21.9.